The molecule has 288 valence electrons. The van der Waals surface area contributed by atoms with Gasteiger partial charge in [-0.1, -0.05) is 67.1 Å². The standard InChI is InChI=1S/C43H50N6O6/c44-35-11-4-5-12-36(35)46-41(52)16-3-1-2-15-40(51)45-32-10-8-9-31(25-32)42-54-34(26-39(55-42)30-19-17-29(28-50)18-20-30)27-48-23-21-33(22-24-48)49-38-14-7-6-13-37(38)47-43(49)53/h4-14,17-20,25,33-34,39,42,50H,1-3,15-16,21-24,26-28,44H2,(H,45,51)(H,46,52)(H,47,53). The van der Waals surface area contributed by atoms with Crippen LogP contribution in [0.3, 0.4) is 0 Å². The number of aliphatic hydroxyl groups excluding tert-OH is 1. The van der Waals surface area contributed by atoms with Crippen molar-refractivity contribution in [3.8, 4) is 0 Å². The molecule has 7 rings (SSSR count). The molecule has 0 aliphatic carbocycles. The number of H-pyrrole nitrogens is 1. The number of amides is 2. The number of imidazole rings is 1. The number of nitrogens with one attached hydrogen (secondary N) is 3. The lowest BCUT2D eigenvalue weighted by Crippen LogP contribution is -2.43. The summed E-state index contributed by atoms with van der Waals surface area (Å²) in [5.74, 6) is -0.191. The smallest absolute Gasteiger partial charge is 0.326 e. The largest absolute Gasteiger partial charge is 0.397 e. The summed E-state index contributed by atoms with van der Waals surface area (Å²) < 4.78 is 15.1. The highest BCUT2D eigenvalue weighted by Gasteiger charge is 2.34. The number of fused-ring (bicyclic) bond motifs is 1. The van der Waals surface area contributed by atoms with E-state index in [4.69, 9.17) is 15.2 Å². The third kappa shape index (κ3) is 9.70. The van der Waals surface area contributed by atoms with E-state index in [0.29, 0.717) is 49.2 Å². The number of benzene rings is 4. The molecule has 6 N–H and O–H groups in total. The van der Waals surface area contributed by atoms with Gasteiger partial charge in [-0.05, 0) is 73.2 Å². The first kappa shape index (κ1) is 38.0. The van der Waals surface area contributed by atoms with Crippen LogP contribution < -0.4 is 22.1 Å². The summed E-state index contributed by atoms with van der Waals surface area (Å²) in [6.07, 6.45) is 4.15. The lowest BCUT2D eigenvalue weighted by molar-refractivity contribution is -0.253. The molecule has 2 fully saturated rings. The fourth-order valence-electron chi connectivity index (χ4n) is 7.68. The number of para-hydroxylation sites is 4. The van der Waals surface area contributed by atoms with Crippen molar-refractivity contribution in [2.45, 2.75) is 82.5 Å². The van der Waals surface area contributed by atoms with Crippen LogP contribution in [0.2, 0.25) is 0 Å². The SMILES string of the molecule is Nc1ccccc1NC(=O)CCCCCC(=O)Nc1cccc(C2OC(CN3CCC(n4c(=O)[nH]c5ccccc54)CC3)CC(c3ccc(CO)cc3)O2)c1. The Hall–Kier alpha value is -5.27. The Labute approximate surface area is 320 Å². The van der Waals surface area contributed by atoms with Gasteiger partial charge in [-0.15, -0.1) is 0 Å². The average molecular weight is 747 g/mol. The van der Waals surface area contributed by atoms with Gasteiger partial charge in [-0.3, -0.25) is 14.2 Å². The van der Waals surface area contributed by atoms with Crippen molar-refractivity contribution in [3.05, 3.63) is 124 Å². The Morgan fingerprint density at radius 3 is 2.31 bits per heavy atom. The third-order valence-electron chi connectivity index (χ3n) is 10.6. The van der Waals surface area contributed by atoms with E-state index in [2.05, 4.69) is 20.5 Å². The van der Waals surface area contributed by atoms with Gasteiger partial charge in [-0.25, -0.2) is 4.79 Å². The summed E-state index contributed by atoms with van der Waals surface area (Å²) in [5.41, 5.74) is 12.1. The van der Waals surface area contributed by atoms with Crippen LogP contribution in [0.1, 0.15) is 86.5 Å². The number of aliphatic hydroxyl groups is 1. The van der Waals surface area contributed by atoms with Crippen molar-refractivity contribution in [3.63, 3.8) is 0 Å². The summed E-state index contributed by atoms with van der Waals surface area (Å²) in [7, 11) is 0. The molecule has 12 nitrogen and oxygen atoms in total. The van der Waals surface area contributed by atoms with E-state index in [-0.39, 0.29) is 42.4 Å². The van der Waals surface area contributed by atoms with Crippen LogP contribution in [0.25, 0.3) is 11.0 Å². The third-order valence-corrected chi connectivity index (χ3v) is 10.6. The molecule has 55 heavy (non-hydrogen) atoms. The van der Waals surface area contributed by atoms with Gasteiger partial charge in [0, 0.05) is 56.2 Å². The number of rotatable bonds is 14. The maximum absolute atomic E-state index is 12.9. The number of hydrogen-bond donors (Lipinski definition) is 5. The Morgan fingerprint density at radius 1 is 0.818 bits per heavy atom. The summed E-state index contributed by atoms with van der Waals surface area (Å²) in [4.78, 5) is 43.5. The fraction of sp³-hybridized carbons (Fsp3) is 0.372. The molecule has 2 saturated heterocycles. The van der Waals surface area contributed by atoms with Gasteiger partial charge < -0.3 is 40.8 Å². The van der Waals surface area contributed by atoms with Crippen LogP contribution in [0.15, 0.2) is 102 Å². The molecule has 12 heteroatoms. The van der Waals surface area contributed by atoms with Gasteiger partial charge in [0.05, 0.1) is 41.2 Å². The Kier molecular flexibility index (Phi) is 12.4. The summed E-state index contributed by atoms with van der Waals surface area (Å²) in [6, 6.07) is 30.6. The van der Waals surface area contributed by atoms with Crippen LogP contribution in [0, 0.1) is 0 Å². The number of nitrogens with zero attached hydrogens (tertiary/aromatic N) is 2. The van der Waals surface area contributed by atoms with Crippen molar-refractivity contribution < 1.29 is 24.2 Å². The molecule has 2 amide bonds. The number of carbonyl (C=O) groups is 2. The van der Waals surface area contributed by atoms with Crippen molar-refractivity contribution in [1.29, 1.82) is 0 Å². The minimum atomic E-state index is -0.655. The number of ether oxygens (including phenoxy) is 2. The molecule has 4 aromatic carbocycles. The molecule has 0 saturated carbocycles. The van der Waals surface area contributed by atoms with Crippen LogP contribution in [0.5, 0.6) is 0 Å². The van der Waals surface area contributed by atoms with Crippen LogP contribution in [-0.2, 0) is 25.7 Å². The lowest BCUT2D eigenvalue weighted by atomic mass is 9.98. The molecule has 3 atom stereocenters. The van der Waals surface area contributed by atoms with Crippen LogP contribution in [0.4, 0.5) is 17.1 Å². The van der Waals surface area contributed by atoms with Gasteiger partial charge in [0.15, 0.2) is 6.29 Å². The van der Waals surface area contributed by atoms with E-state index in [1.807, 2.05) is 89.5 Å². The predicted octanol–water partition coefficient (Wildman–Crippen LogP) is 6.81. The molecule has 3 unspecified atom stereocenters. The molecular formula is C43H50N6O6. The molecule has 0 radical (unpaired) electrons. The number of carbonyl (C=O) groups excluding carboxylic acids is 2. The van der Waals surface area contributed by atoms with Crippen molar-refractivity contribution in [1.82, 2.24) is 14.5 Å². The lowest BCUT2D eigenvalue weighted by Gasteiger charge is -2.40. The zero-order valence-corrected chi connectivity index (χ0v) is 31.0. The number of aromatic nitrogens is 2. The predicted molar refractivity (Wildman–Crippen MR) is 213 cm³/mol. The highest BCUT2D eigenvalue weighted by atomic mass is 16.7. The monoisotopic (exact) mass is 746 g/mol. The first-order valence-electron chi connectivity index (χ1n) is 19.3. The van der Waals surface area contributed by atoms with E-state index in [9.17, 15) is 19.5 Å². The van der Waals surface area contributed by atoms with E-state index in [1.165, 1.54) is 0 Å². The van der Waals surface area contributed by atoms with E-state index >= 15 is 0 Å². The van der Waals surface area contributed by atoms with Gasteiger partial charge >= 0.3 is 5.69 Å². The van der Waals surface area contributed by atoms with Crippen LogP contribution >= 0.6 is 0 Å². The number of anilines is 3. The van der Waals surface area contributed by atoms with Crippen LogP contribution in [-0.4, -0.2) is 57.1 Å². The normalized spacial score (nSPS) is 19.3. The Bertz CT molecular complexity index is 2120. The van der Waals surface area contributed by atoms with Gasteiger partial charge in [-0.2, -0.15) is 0 Å². The van der Waals surface area contributed by atoms with Crippen molar-refractivity contribution in [2.24, 2.45) is 0 Å². The van der Waals surface area contributed by atoms with Gasteiger partial charge in [0.2, 0.25) is 11.8 Å². The quantitative estimate of drug-likeness (QED) is 0.0611. The molecule has 2 aliphatic rings. The van der Waals surface area contributed by atoms with Gasteiger partial charge in [0.25, 0.3) is 0 Å². The summed E-state index contributed by atoms with van der Waals surface area (Å²) in [5, 5.41) is 15.5. The zero-order chi connectivity index (χ0) is 38.1. The summed E-state index contributed by atoms with van der Waals surface area (Å²) >= 11 is 0. The van der Waals surface area contributed by atoms with E-state index in [0.717, 1.165) is 66.6 Å². The first-order chi connectivity index (χ1) is 26.8. The molecule has 0 spiro atoms. The number of piperidine rings is 1. The number of hydrogen-bond acceptors (Lipinski definition) is 8. The van der Waals surface area contributed by atoms with Gasteiger partial charge in [0.1, 0.15) is 0 Å². The van der Waals surface area contributed by atoms with Crippen molar-refractivity contribution in [2.75, 3.05) is 36.0 Å². The number of nitrogens with two attached hydrogens (primary N) is 1. The molecule has 5 aromatic rings. The molecule has 3 heterocycles. The minimum absolute atomic E-state index is 0.0266. The molecule has 2 aliphatic heterocycles. The average Bonchev–Trinajstić information content (AvgIpc) is 3.54. The second-order valence-electron chi connectivity index (χ2n) is 14.6. The minimum Gasteiger partial charge on any atom is -0.397 e. The second-order valence-corrected chi connectivity index (χ2v) is 14.6. The zero-order valence-electron chi connectivity index (χ0n) is 31.0. The first-order valence-corrected chi connectivity index (χ1v) is 19.3. The number of aromatic amines is 1. The topological polar surface area (TPSA) is 164 Å². The number of likely N-dealkylation sites (tertiary alicyclic amines) is 1. The number of unbranched alkanes of at least 4 members (excludes halogenated alkanes) is 2. The maximum atomic E-state index is 12.9. The van der Waals surface area contributed by atoms with Crippen molar-refractivity contribution >= 4 is 39.9 Å². The number of nitrogen functional groups attached to an aromatic ring is 1. The Morgan fingerprint density at radius 2 is 1.55 bits per heavy atom. The fourth-order valence-corrected chi connectivity index (χ4v) is 7.68. The summed E-state index contributed by atoms with van der Waals surface area (Å²) in [6.45, 7) is 2.38. The highest BCUT2D eigenvalue weighted by molar-refractivity contribution is 5.93. The Balaban J connectivity index is 0.942. The van der Waals surface area contributed by atoms with E-state index in [1.54, 1.807) is 12.1 Å². The molecule has 1 aromatic heterocycles. The molecular weight excluding hydrogens is 697 g/mol. The second kappa shape index (κ2) is 17.9. The van der Waals surface area contributed by atoms with E-state index < -0.39 is 6.29 Å². The highest BCUT2D eigenvalue weighted by Crippen LogP contribution is 2.39. The molecule has 0 bridgehead atoms. The maximum Gasteiger partial charge on any atom is 0.326 e.